The summed E-state index contributed by atoms with van der Waals surface area (Å²) in [7, 11) is 0. The Morgan fingerprint density at radius 3 is 2.68 bits per heavy atom. The van der Waals surface area contributed by atoms with E-state index in [0.717, 1.165) is 23.8 Å². The van der Waals surface area contributed by atoms with E-state index in [0.29, 0.717) is 13.1 Å². The summed E-state index contributed by atoms with van der Waals surface area (Å²) in [5.41, 5.74) is 1.10. The summed E-state index contributed by atoms with van der Waals surface area (Å²) in [6, 6.07) is 17.1. The quantitative estimate of drug-likeness (QED) is 0.753. The smallest absolute Gasteiger partial charge is 0.271 e. The number of unbranched alkanes of at least 4 members (excludes halogenated alkanes) is 1. The van der Waals surface area contributed by atoms with Crippen molar-refractivity contribution in [2.75, 3.05) is 0 Å². The first kappa shape index (κ1) is 16.9. The molecule has 0 radical (unpaired) electrons. The van der Waals surface area contributed by atoms with Gasteiger partial charge in [-0.25, -0.2) is 4.68 Å². The summed E-state index contributed by atoms with van der Waals surface area (Å²) in [5, 5.41) is 9.34. The Morgan fingerprint density at radius 2 is 1.88 bits per heavy atom. The summed E-state index contributed by atoms with van der Waals surface area (Å²) in [5.74, 6) is -0.279. The first-order valence-corrected chi connectivity index (χ1v) is 8.51. The maximum atomic E-state index is 12.3. The molecule has 0 bridgehead atoms. The van der Waals surface area contributed by atoms with E-state index in [1.807, 2.05) is 37.3 Å². The fourth-order valence-corrected chi connectivity index (χ4v) is 2.66. The van der Waals surface area contributed by atoms with Crippen LogP contribution >= 0.6 is 0 Å². The molecule has 3 aromatic rings. The van der Waals surface area contributed by atoms with Crippen LogP contribution in [0.15, 0.2) is 59.4 Å². The van der Waals surface area contributed by atoms with Gasteiger partial charge in [-0.1, -0.05) is 49.7 Å². The number of hydrogen-bond donors (Lipinski definition) is 1. The van der Waals surface area contributed by atoms with E-state index < -0.39 is 0 Å². The third-order valence-corrected chi connectivity index (χ3v) is 4.09. The zero-order valence-corrected chi connectivity index (χ0v) is 14.2. The molecule has 1 amide bonds. The first-order chi connectivity index (χ1) is 12.2. The van der Waals surface area contributed by atoms with Crippen LogP contribution in [0.25, 0.3) is 10.8 Å². The fraction of sp³-hybridized carbons (Fsp3) is 0.250. The van der Waals surface area contributed by atoms with Crippen LogP contribution in [0.3, 0.4) is 0 Å². The van der Waals surface area contributed by atoms with Crippen molar-refractivity contribution in [3.05, 3.63) is 76.2 Å². The van der Waals surface area contributed by atoms with Gasteiger partial charge >= 0.3 is 0 Å². The largest absolute Gasteiger partial charge is 0.347 e. The Morgan fingerprint density at radius 1 is 1.08 bits per heavy atom. The Kier molecular flexibility index (Phi) is 5.23. The molecule has 0 saturated carbocycles. The molecule has 1 N–H and O–H groups in total. The van der Waals surface area contributed by atoms with Gasteiger partial charge in [0, 0.05) is 19.2 Å². The van der Waals surface area contributed by atoms with Crippen molar-refractivity contribution < 1.29 is 4.79 Å². The molecule has 0 atom stereocenters. The molecule has 0 unspecified atom stereocenters. The summed E-state index contributed by atoms with van der Waals surface area (Å²) < 4.78 is 1.36. The molecule has 0 spiro atoms. The number of hydrogen-bond acceptors (Lipinski definition) is 3. The number of aryl methyl sites for hydroxylation is 1. The molecule has 1 heterocycles. The van der Waals surface area contributed by atoms with Crippen LogP contribution in [0.5, 0.6) is 0 Å². The van der Waals surface area contributed by atoms with E-state index >= 15 is 0 Å². The number of fused-ring (bicyclic) bond motifs is 1. The van der Waals surface area contributed by atoms with Crippen LogP contribution in [0, 0.1) is 0 Å². The molecule has 5 heteroatoms. The number of amides is 1. The molecule has 5 nitrogen and oxygen atoms in total. The lowest BCUT2D eigenvalue weighted by Gasteiger charge is -2.08. The molecule has 0 fully saturated rings. The van der Waals surface area contributed by atoms with Gasteiger partial charge in [0.25, 0.3) is 11.5 Å². The molecule has 2 aromatic carbocycles. The second-order valence-electron chi connectivity index (χ2n) is 6.00. The SMILES string of the molecule is CCCCn1nc(C(=O)NCc2ccc3ccccc3c2)ccc1=O. The van der Waals surface area contributed by atoms with Crippen molar-refractivity contribution >= 4 is 16.7 Å². The number of nitrogens with zero attached hydrogens (tertiary/aromatic N) is 2. The summed E-state index contributed by atoms with van der Waals surface area (Å²) in [6.45, 7) is 2.99. The van der Waals surface area contributed by atoms with Crippen LogP contribution in [-0.4, -0.2) is 15.7 Å². The van der Waals surface area contributed by atoms with Crippen LogP contribution < -0.4 is 10.9 Å². The lowest BCUT2D eigenvalue weighted by Crippen LogP contribution is -2.29. The average molecular weight is 335 g/mol. The molecule has 0 saturated heterocycles. The third kappa shape index (κ3) is 4.12. The highest BCUT2D eigenvalue weighted by atomic mass is 16.2. The van der Waals surface area contributed by atoms with Gasteiger partial charge in [-0.05, 0) is 34.9 Å². The number of aromatic nitrogens is 2. The van der Waals surface area contributed by atoms with Crippen molar-refractivity contribution in [3.63, 3.8) is 0 Å². The molecular formula is C20H21N3O2. The van der Waals surface area contributed by atoms with Gasteiger partial charge in [0.1, 0.15) is 5.69 Å². The second-order valence-corrected chi connectivity index (χ2v) is 6.00. The summed E-state index contributed by atoms with van der Waals surface area (Å²) >= 11 is 0. The maximum absolute atomic E-state index is 12.3. The topological polar surface area (TPSA) is 64.0 Å². The molecule has 0 aliphatic heterocycles. The van der Waals surface area contributed by atoms with Crippen molar-refractivity contribution in [3.8, 4) is 0 Å². The zero-order valence-electron chi connectivity index (χ0n) is 14.2. The van der Waals surface area contributed by atoms with Crippen LogP contribution in [0.2, 0.25) is 0 Å². The lowest BCUT2D eigenvalue weighted by molar-refractivity contribution is 0.0943. The lowest BCUT2D eigenvalue weighted by atomic mass is 10.1. The number of carbonyl (C=O) groups excluding carboxylic acids is 1. The predicted molar refractivity (Wildman–Crippen MR) is 98.5 cm³/mol. The van der Waals surface area contributed by atoms with Crippen molar-refractivity contribution in [1.29, 1.82) is 0 Å². The van der Waals surface area contributed by atoms with Crippen molar-refractivity contribution in [2.24, 2.45) is 0 Å². The summed E-state index contributed by atoms with van der Waals surface area (Å²) in [6.07, 6.45) is 1.82. The van der Waals surface area contributed by atoms with E-state index in [9.17, 15) is 9.59 Å². The predicted octanol–water partition coefficient (Wildman–Crippen LogP) is 3.13. The Bertz CT molecular complexity index is 947. The van der Waals surface area contributed by atoms with Crippen LogP contribution in [0.1, 0.15) is 35.8 Å². The normalized spacial score (nSPS) is 10.8. The van der Waals surface area contributed by atoms with E-state index in [4.69, 9.17) is 0 Å². The second kappa shape index (κ2) is 7.75. The standard InChI is InChI=1S/C20H21N3O2/c1-2-3-12-23-19(24)11-10-18(22-23)20(25)21-14-15-8-9-16-6-4-5-7-17(16)13-15/h4-11,13H,2-3,12,14H2,1H3,(H,21,25). The molecule has 0 aliphatic rings. The van der Waals surface area contributed by atoms with Gasteiger partial charge in [0.2, 0.25) is 0 Å². The molecular weight excluding hydrogens is 314 g/mol. The fourth-order valence-electron chi connectivity index (χ4n) is 2.66. The Labute approximate surface area is 146 Å². The van der Waals surface area contributed by atoms with Crippen molar-refractivity contribution in [2.45, 2.75) is 32.9 Å². The average Bonchev–Trinajstić information content (AvgIpc) is 2.65. The van der Waals surface area contributed by atoms with Gasteiger partial charge in [0.15, 0.2) is 0 Å². The van der Waals surface area contributed by atoms with Gasteiger partial charge in [-0.3, -0.25) is 9.59 Å². The zero-order chi connectivity index (χ0) is 17.6. The van der Waals surface area contributed by atoms with Crippen LogP contribution in [0.4, 0.5) is 0 Å². The highest BCUT2D eigenvalue weighted by Gasteiger charge is 2.09. The maximum Gasteiger partial charge on any atom is 0.271 e. The molecule has 3 rings (SSSR count). The van der Waals surface area contributed by atoms with E-state index in [2.05, 4.69) is 22.5 Å². The minimum Gasteiger partial charge on any atom is -0.347 e. The first-order valence-electron chi connectivity index (χ1n) is 8.51. The highest BCUT2D eigenvalue weighted by Crippen LogP contribution is 2.15. The Hall–Kier alpha value is -2.95. The molecule has 1 aromatic heterocycles. The van der Waals surface area contributed by atoms with Crippen LogP contribution in [-0.2, 0) is 13.1 Å². The molecule has 128 valence electrons. The number of benzene rings is 2. The highest BCUT2D eigenvalue weighted by molar-refractivity contribution is 5.92. The summed E-state index contributed by atoms with van der Waals surface area (Å²) in [4.78, 5) is 24.1. The number of nitrogens with one attached hydrogen (secondary N) is 1. The molecule has 25 heavy (non-hydrogen) atoms. The van der Waals surface area contributed by atoms with Gasteiger partial charge in [-0.2, -0.15) is 5.10 Å². The van der Waals surface area contributed by atoms with Gasteiger partial charge in [-0.15, -0.1) is 0 Å². The van der Waals surface area contributed by atoms with Gasteiger partial charge < -0.3 is 5.32 Å². The number of rotatable bonds is 6. The monoisotopic (exact) mass is 335 g/mol. The third-order valence-electron chi connectivity index (χ3n) is 4.09. The minimum atomic E-state index is -0.279. The molecule has 0 aliphatic carbocycles. The van der Waals surface area contributed by atoms with Crippen molar-refractivity contribution in [1.82, 2.24) is 15.1 Å². The van der Waals surface area contributed by atoms with E-state index in [1.165, 1.54) is 22.2 Å². The Balaban J connectivity index is 1.70. The van der Waals surface area contributed by atoms with E-state index in [-0.39, 0.29) is 17.2 Å². The number of carbonyl (C=O) groups is 1. The van der Waals surface area contributed by atoms with E-state index in [1.54, 1.807) is 0 Å². The minimum absolute atomic E-state index is 0.181. The van der Waals surface area contributed by atoms with Gasteiger partial charge in [0.05, 0.1) is 0 Å².